The van der Waals surface area contributed by atoms with Crippen LogP contribution in [0.5, 0.6) is 0 Å². The molecule has 0 bridgehead atoms. The van der Waals surface area contributed by atoms with Gasteiger partial charge in [0.1, 0.15) is 6.23 Å². The van der Waals surface area contributed by atoms with Crippen LogP contribution in [0.2, 0.25) is 0 Å². The van der Waals surface area contributed by atoms with Gasteiger partial charge in [0.15, 0.2) is 0 Å². The van der Waals surface area contributed by atoms with Crippen LogP contribution in [0, 0.1) is 5.92 Å². The molecule has 68 valence electrons. The van der Waals surface area contributed by atoms with E-state index in [0.29, 0.717) is 13.0 Å². The molecule has 0 aliphatic heterocycles. The van der Waals surface area contributed by atoms with E-state index >= 15 is 0 Å². The van der Waals surface area contributed by atoms with Gasteiger partial charge in [0.2, 0.25) is 0 Å². The van der Waals surface area contributed by atoms with E-state index in [-0.39, 0.29) is 12.5 Å². The fourth-order valence-corrected chi connectivity index (χ4v) is 0.753. The maximum atomic E-state index is 9.35. The van der Waals surface area contributed by atoms with E-state index in [1.54, 1.807) is 0 Å². The SMILES string of the molecule is CCC(C)C(O)NCCCO. The molecule has 3 nitrogen and oxygen atoms in total. The summed E-state index contributed by atoms with van der Waals surface area (Å²) in [5.74, 6) is 0.286. The van der Waals surface area contributed by atoms with E-state index in [2.05, 4.69) is 5.32 Å². The molecule has 0 radical (unpaired) electrons. The van der Waals surface area contributed by atoms with Gasteiger partial charge in [0.05, 0.1) is 0 Å². The second kappa shape index (κ2) is 6.58. The van der Waals surface area contributed by atoms with Crippen molar-refractivity contribution >= 4 is 0 Å². The van der Waals surface area contributed by atoms with Gasteiger partial charge in [-0.05, 0) is 25.3 Å². The molecule has 0 fully saturated rings. The minimum Gasteiger partial charge on any atom is -0.396 e. The Morgan fingerprint density at radius 3 is 2.55 bits per heavy atom. The third kappa shape index (κ3) is 5.18. The summed E-state index contributed by atoms with van der Waals surface area (Å²) in [7, 11) is 0. The molecule has 0 heterocycles. The molecule has 0 saturated carbocycles. The Bertz CT molecular complexity index is 88.2. The summed E-state index contributed by atoms with van der Waals surface area (Å²) in [6, 6.07) is 0. The van der Waals surface area contributed by atoms with Gasteiger partial charge in [-0.1, -0.05) is 13.8 Å². The van der Waals surface area contributed by atoms with E-state index in [9.17, 15) is 5.11 Å². The van der Waals surface area contributed by atoms with Crippen molar-refractivity contribution in [3.8, 4) is 0 Å². The first-order chi connectivity index (χ1) is 5.22. The van der Waals surface area contributed by atoms with Gasteiger partial charge in [-0.15, -0.1) is 0 Å². The molecule has 0 aliphatic carbocycles. The monoisotopic (exact) mass is 161 g/mol. The molecular weight excluding hydrogens is 142 g/mol. The molecule has 0 aromatic heterocycles. The van der Waals surface area contributed by atoms with E-state index < -0.39 is 6.23 Å². The Labute approximate surface area is 68.4 Å². The Hall–Kier alpha value is -0.120. The first kappa shape index (κ1) is 10.9. The second-order valence-corrected chi connectivity index (χ2v) is 2.86. The molecule has 0 spiro atoms. The predicted octanol–water partition coefficient (Wildman–Crippen LogP) is 0.323. The second-order valence-electron chi connectivity index (χ2n) is 2.86. The lowest BCUT2D eigenvalue weighted by atomic mass is 10.1. The molecule has 2 atom stereocenters. The van der Waals surface area contributed by atoms with Gasteiger partial charge in [-0.2, -0.15) is 0 Å². The van der Waals surface area contributed by atoms with Gasteiger partial charge in [0, 0.05) is 6.61 Å². The molecule has 2 unspecified atom stereocenters. The number of rotatable bonds is 6. The van der Waals surface area contributed by atoms with Crippen molar-refractivity contribution in [1.82, 2.24) is 5.32 Å². The molecule has 0 aromatic carbocycles. The van der Waals surface area contributed by atoms with Crippen LogP contribution in [-0.4, -0.2) is 29.6 Å². The van der Waals surface area contributed by atoms with E-state index in [4.69, 9.17) is 5.11 Å². The van der Waals surface area contributed by atoms with Crippen molar-refractivity contribution < 1.29 is 10.2 Å². The summed E-state index contributed by atoms with van der Waals surface area (Å²) in [5, 5.41) is 20.7. The van der Waals surface area contributed by atoms with Crippen LogP contribution < -0.4 is 5.32 Å². The molecule has 0 saturated heterocycles. The zero-order valence-corrected chi connectivity index (χ0v) is 7.38. The molecule has 3 N–H and O–H groups in total. The Balaban J connectivity index is 3.28. The predicted molar refractivity (Wildman–Crippen MR) is 45.2 cm³/mol. The summed E-state index contributed by atoms with van der Waals surface area (Å²) >= 11 is 0. The van der Waals surface area contributed by atoms with Gasteiger partial charge in [-0.25, -0.2) is 0 Å². The highest BCUT2D eigenvalue weighted by atomic mass is 16.3. The smallest absolute Gasteiger partial charge is 0.107 e. The number of hydrogen-bond acceptors (Lipinski definition) is 3. The Morgan fingerprint density at radius 2 is 2.09 bits per heavy atom. The highest BCUT2D eigenvalue weighted by Crippen LogP contribution is 2.03. The summed E-state index contributed by atoms with van der Waals surface area (Å²) in [5.41, 5.74) is 0. The molecular formula is C8H19NO2. The average Bonchev–Trinajstić information content (AvgIpc) is 2.03. The molecule has 3 heteroatoms. The van der Waals surface area contributed by atoms with Crippen LogP contribution in [0.4, 0.5) is 0 Å². The highest BCUT2D eigenvalue weighted by molar-refractivity contribution is 4.60. The van der Waals surface area contributed by atoms with Crippen LogP contribution in [0.1, 0.15) is 26.7 Å². The topological polar surface area (TPSA) is 52.5 Å². The number of hydrogen-bond donors (Lipinski definition) is 3. The van der Waals surface area contributed by atoms with Gasteiger partial charge in [-0.3, -0.25) is 5.32 Å². The van der Waals surface area contributed by atoms with Gasteiger partial charge in [0.25, 0.3) is 0 Å². The average molecular weight is 161 g/mol. The van der Waals surface area contributed by atoms with Crippen LogP contribution in [0.15, 0.2) is 0 Å². The summed E-state index contributed by atoms with van der Waals surface area (Å²) < 4.78 is 0. The maximum Gasteiger partial charge on any atom is 0.107 e. The van der Waals surface area contributed by atoms with Gasteiger partial charge < -0.3 is 10.2 Å². The van der Waals surface area contributed by atoms with Crippen molar-refractivity contribution in [3.05, 3.63) is 0 Å². The third-order valence-corrected chi connectivity index (χ3v) is 1.87. The Kier molecular flexibility index (Phi) is 6.51. The highest BCUT2D eigenvalue weighted by Gasteiger charge is 2.09. The van der Waals surface area contributed by atoms with Gasteiger partial charge >= 0.3 is 0 Å². The minimum atomic E-state index is -0.424. The fourth-order valence-electron chi connectivity index (χ4n) is 0.753. The summed E-state index contributed by atoms with van der Waals surface area (Å²) in [4.78, 5) is 0. The lowest BCUT2D eigenvalue weighted by Gasteiger charge is -2.17. The van der Waals surface area contributed by atoms with Crippen LogP contribution in [0.3, 0.4) is 0 Å². The van der Waals surface area contributed by atoms with E-state index in [1.165, 1.54) is 0 Å². The van der Waals surface area contributed by atoms with Crippen LogP contribution >= 0.6 is 0 Å². The van der Waals surface area contributed by atoms with E-state index in [1.807, 2.05) is 13.8 Å². The summed E-state index contributed by atoms with van der Waals surface area (Å²) in [6.45, 7) is 4.90. The molecule has 0 amide bonds. The Morgan fingerprint density at radius 1 is 1.45 bits per heavy atom. The number of aliphatic hydroxyl groups is 2. The van der Waals surface area contributed by atoms with Crippen molar-refractivity contribution in [2.75, 3.05) is 13.2 Å². The standard InChI is InChI=1S/C8H19NO2/c1-3-7(2)8(11)9-5-4-6-10/h7-11H,3-6H2,1-2H3. The normalized spacial score (nSPS) is 16.4. The number of nitrogens with one attached hydrogen (secondary N) is 1. The summed E-state index contributed by atoms with van der Waals surface area (Å²) in [6.07, 6.45) is 1.24. The molecule has 11 heavy (non-hydrogen) atoms. The lowest BCUT2D eigenvalue weighted by Crippen LogP contribution is -2.35. The maximum absolute atomic E-state index is 9.35. The van der Waals surface area contributed by atoms with Crippen molar-refractivity contribution in [2.45, 2.75) is 32.9 Å². The fraction of sp³-hybridized carbons (Fsp3) is 1.00. The van der Waals surface area contributed by atoms with E-state index in [0.717, 1.165) is 6.42 Å². The zero-order chi connectivity index (χ0) is 8.69. The van der Waals surface area contributed by atoms with Crippen LogP contribution in [-0.2, 0) is 0 Å². The minimum absolute atomic E-state index is 0.181. The lowest BCUT2D eigenvalue weighted by molar-refractivity contribution is 0.0792. The first-order valence-corrected chi connectivity index (χ1v) is 4.24. The van der Waals surface area contributed by atoms with Crippen LogP contribution in [0.25, 0.3) is 0 Å². The molecule has 0 aromatic rings. The molecule has 0 aliphatic rings. The number of aliphatic hydroxyl groups excluding tert-OH is 2. The van der Waals surface area contributed by atoms with Crippen molar-refractivity contribution in [1.29, 1.82) is 0 Å². The van der Waals surface area contributed by atoms with Crippen molar-refractivity contribution in [3.63, 3.8) is 0 Å². The first-order valence-electron chi connectivity index (χ1n) is 4.24. The quantitative estimate of drug-likeness (QED) is 0.388. The largest absolute Gasteiger partial charge is 0.396 e. The zero-order valence-electron chi connectivity index (χ0n) is 7.38. The third-order valence-electron chi connectivity index (χ3n) is 1.87. The molecule has 0 rings (SSSR count). The van der Waals surface area contributed by atoms with Crippen molar-refractivity contribution in [2.24, 2.45) is 5.92 Å².